The molecule has 0 unspecified atom stereocenters. The van der Waals surface area contributed by atoms with E-state index in [2.05, 4.69) is 20.9 Å². The topological polar surface area (TPSA) is 0 Å². The third-order valence-corrected chi connectivity index (χ3v) is 8.86. The summed E-state index contributed by atoms with van der Waals surface area (Å²) in [5.74, 6) is 0. The van der Waals surface area contributed by atoms with Gasteiger partial charge in [-0.1, -0.05) is 148 Å². The van der Waals surface area contributed by atoms with Crippen LogP contribution in [0.4, 0.5) is 0 Å². The number of nitrogens with zero attached hydrogens (tertiary/aromatic N) is 1. The van der Waals surface area contributed by atoms with Gasteiger partial charge in [-0.25, -0.2) is 0 Å². The maximum atomic E-state index is 2.58. The van der Waals surface area contributed by atoms with Gasteiger partial charge in [0.05, 0.1) is 26.7 Å². The number of hydrogen-bond donors (Lipinski definition) is 0. The second-order valence-electron chi connectivity index (χ2n) is 11.9. The summed E-state index contributed by atoms with van der Waals surface area (Å²) >= 11 is 0. The minimum atomic E-state index is 1.37. The van der Waals surface area contributed by atoms with Crippen molar-refractivity contribution in [1.29, 1.82) is 0 Å². The second kappa shape index (κ2) is 27.8. The molecule has 0 bridgehead atoms. The van der Waals surface area contributed by atoms with Gasteiger partial charge in [0.1, 0.15) is 0 Å². The van der Waals surface area contributed by atoms with Crippen LogP contribution in [0, 0.1) is 0 Å². The molecule has 0 saturated carbocycles. The van der Waals surface area contributed by atoms with Crippen molar-refractivity contribution in [2.75, 3.05) is 26.7 Å². The average Bonchev–Trinajstić information content (AvgIpc) is 2.84. The van der Waals surface area contributed by atoms with Crippen LogP contribution in [0.3, 0.4) is 0 Å². The molecule has 0 aromatic heterocycles. The number of unbranched alkanes of at least 4 members (excludes halogenated alkanes) is 22. The Bertz CT molecular complexity index is 342. The average molecular weight is 497 g/mol. The van der Waals surface area contributed by atoms with Crippen molar-refractivity contribution in [2.24, 2.45) is 0 Å². The summed E-state index contributed by atoms with van der Waals surface area (Å²) in [6, 6.07) is 1.49. The summed E-state index contributed by atoms with van der Waals surface area (Å²) in [5.41, 5.74) is 0. The zero-order valence-electron chi connectivity index (χ0n) is 25.0. The Morgan fingerprint density at radius 1 is 0.353 bits per heavy atom. The van der Waals surface area contributed by atoms with Gasteiger partial charge in [0.2, 0.25) is 0 Å². The van der Waals surface area contributed by atoms with Crippen molar-refractivity contribution in [3.63, 3.8) is 0 Å². The Kier molecular flexibility index (Phi) is 27.9. The molecule has 0 fully saturated rings. The lowest BCUT2D eigenvalue weighted by molar-refractivity contribution is -0.910. The highest BCUT2D eigenvalue weighted by Gasteiger charge is 2.19. The molecule has 0 heterocycles. The van der Waals surface area contributed by atoms with Crippen molar-refractivity contribution in [3.8, 4) is 0 Å². The van der Waals surface area contributed by atoms with E-state index in [1.165, 1.54) is 201 Å². The molecule has 0 aliphatic rings. The maximum absolute atomic E-state index is 2.58. The Balaban J connectivity index is 3.67. The Morgan fingerprint density at radius 2 is 0.588 bits per heavy atom. The zero-order valence-corrected chi connectivity index (χ0v) is 27.0. The van der Waals surface area contributed by atoms with Crippen LogP contribution in [0.2, 0.25) is 6.04 Å². The third kappa shape index (κ3) is 25.3. The smallest absolute Gasteiger partial charge is 0.0784 e. The van der Waals surface area contributed by atoms with Gasteiger partial charge in [0.15, 0.2) is 0 Å². The van der Waals surface area contributed by atoms with Crippen LogP contribution in [-0.4, -0.2) is 41.4 Å². The number of hydrogen-bond acceptors (Lipinski definition) is 0. The van der Waals surface area contributed by atoms with Crippen molar-refractivity contribution in [3.05, 3.63) is 0 Å². The molecule has 2 heteroatoms. The monoisotopic (exact) mass is 497 g/mol. The molecule has 0 spiro atoms. The fraction of sp³-hybridized carbons (Fsp3) is 1.00. The summed E-state index contributed by atoms with van der Waals surface area (Å²) < 4.78 is 1.37. The van der Waals surface area contributed by atoms with Crippen molar-refractivity contribution < 1.29 is 4.48 Å². The molecule has 0 saturated heterocycles. The molecule has 0 atom stereocenters. The summed E-state index contributed by atoms with van der Waals surface area (Å²) in [4.78, 5) is 0. The van der Waals surface area contributed by atoms with Crippen LogP contribution in [0.5, 0.6) is 0 Å². The van der Waals surface area contributed by atoms with Crippen LogP contribution in [-0.2, 0) is 0 Å². The molecule has 0 aromatic rings. The lowest BCUT2D eigenvalue weighted by Gasteiger charge is -2.35. The Labute approximate surface area is 221 Å². The van der Waals surface area contributed by atoms with Gasteiger partial charge in [-0.2, -0.15) is 0 Å². The molecule has 0 N–H and O–H groups in total. The standard InChI is InChI=1S/C32H70NSi/c1-4-6-8-10-12-14-16-18-20-22-24-26-29-33(3,31-28-32-34)30-27-25-23-21-19-17-15-13-11-9-7-5-2/h4-32H2,1-3,34H3/q+1. The first-order chi connectivity index (χ1) is 16.7. The first-order valence-electron chi connectivity index (χ1n) is 16.5. The Morgan fingerprint density at radius 3 is 0.853 bits per heavy atom. The zero-order chi connectivity index (χ0) is 25.0. The van der Waals surface area contributed by atoms with Crippen LogP contribution in [0.25, 0.3) is 0 Å². The summed E-state index contributed by atoms with van der Waals surface area (Å²) in [6.07, 6.45) is 36.7. The fourth-order valence-electron chi connectivity index (χ4n) is 5.54. The lowest BCUT2D eigenvalue weighted by atomic mass is 10.0. The first kappa shape index (κ1) is 34.2. The maximum Gasteiger partial charge on any atom is 0.0784 e. The first-order valence-corrected chi connectivity index (χ1v) is 17.9. The van der Waals surface area contributed by atoms with E-state index < -0.39 is 0 Å². The summed E-state index contributed by atoms with van der Waals surface area (Å²) in [6.45, 7) is 8.95. The highest BCUT2D eigenvalue weighted by molar-refractivity contribution is 6.08. The molecule has 0 aliphatic heterocycles. The second-order valence-corrected chi connectivity index (χ2v) is 12.9. The van der Waals surface area contributed by atoms with Crippen molar-refractivity contribution >= 4 is 10.2 Å². The lowest BCUT2D eigenvalue weighted by Crippen LogP contribution is -2.46. The van der Waals surface area contributed by atoms with Crippen LogP contribution >= 0.6 is 0 Å². The van der Waals surface area contributed by atoms with E-state index in [1.54, 1.807) is 0 Å². The molecular weight excluding hydrogens is 426 g/mol. The van der Waals surface area contributed by atoms with E-state index in [1.807, 2.05) is 0 Å². The van der Waals surface area contributed by atoms with Gasteiger partial charge in [0, 0.05) is 10.2 Å². The van der Waals surface area contributed by atoms with E-state index in [4.69, 9.17) is 0 Å². The molecule has 0 rings (SSSR count). The van der Waals surface area contributed by atoms with Gasteiger partial charge >= 0.3 is 0 Å². The SMILES string of the molecule is CCCCCCCCCCCCCC[N+](C)(CCC[SiH3])CCCCCCCCCCCCCC. The van der Waals surface area contributed by atoms with Gasteiger partial charge in [-0.3, -0.25) is 0 Å². The highest BCUT2D eigenvalue weighted by Crippen LogP contribution is 2.17. The minimum Gasteiger partial charge on any atom is -0.326 e. The number of rotatable bonds is 29. The molecular formula is C32H70NSi+. The number of quaternary nitrogens is 1. The third-order valence-electron chi connectivity index (χ3n) is 8.15. The van der Waals surface area contributed by atoms with Gasteiger partial charge in [-0.15, -0.1) is 0 Å². The van der Waals surface area contributed by atoms with Crippen molar-refractivity contribution in [1.82, 2.24) is 0 Å². The van der Waals surface area contributed by atoms with E-state index in [0.717, 1.165) is 0 Å². The molecule has 1 nitrogen and oxygen atoms in total. The van der Waals surface area contributed by atoms with E-state index in [9.17, 15) is 0 Å². The van der Waals surface area contributed by atoms with E-state index >= 15 is 0 Å². The van der Waals surface area contributed by atoms with Crippen LogP contribution in [0.15, 0.2) is 0 Å². The van der Waals surface area contributed by atoms with Gasteiger partial charge < -0.3 is 4.48 Å². The molecule has 0 aliphatic carbocycles. The molecule has 0 aromatic carbocycles. The van der Waals surface area contributed by atoms with Crippen molar-refractivity contribution in [2.45, 2.75) is 180 Å². The molecule has 0 amide bonds. The van der Waals surface area contributed by atoms with E-state index in [-0.39, 0.29) is 0 Å². The van der Waals surface area contributed by atoms with E-state index in [0.29, 0.717) is 0 Å². The molecule has 0 radical (unpaired) electrons. The Hall–Kier alpha value is 0.177. The van der Waals surface area contributed by atoms with Gasteiger partial charge in [0.25, 0.3) is 0 Å². The quantitative estimate of drug-likeness (QED) is 0.0549. The molecule has 34 heavy (non-hydrogen) atoms. The van der Waals surface area contributed by atoms with Gasteiger partial charge in [-0.05, 0) is 32.1 Å². The van der Waals surface area contributed by atoms with Crippen LogP contribution in [0.1, 0.15) is 174 Å². The van der Waals surface area contributed by atoms with Crippen LogP contribution < -0.4 is 0 Å². The normalized spacial score (nSPS) is 12.1. The predicted octanol–water partition coefficient (Wildman–Crippen LogP) is 10.0. The predicted molar refractivity (Wildman–Crippen MR) is 162 cm³/mol. The summed E-state index contributed by atoms with van der Waals surface area (Å²) in [5, 5.41) is 0. The fourth-order valence-corrected chi connectivity index (χ4v) is 5.86. The minimum absolute atomic E-state index is 1.37. The molecule has 206 valence electrons. The largest absolute Gasteiger partial charge is 0.326 e. The summed E-state index contributed by atoms with van der Waals surface area (Å²) in [7, 11) is 3.96. The highest BCUT2D eigenvalue weighted by atomic mass is 28.1.